The summed E-state index contributed by atoms with van der Waals surface area (Å²) in [5, 5.41) is 12.5. The van der Waals surface area contributed by atoms with Crippen LogP contribution in [0, 0.1) is 0 Å². The van der Waals surface area contributed by atoms with Gasteiger partial charge in [0, 0.05) is 36.9 Å². The van der Waals surface area contributed by atoms with Crippen molar-refractivity contribution in [3.05, 3.63) is 231 Å². The molecule has 2 nitrogen and oxygen atoms in total. The predicted octanol–water partition coefficient (Wildman–Crippen LogP) is 17.5. The van der Waals surface area contributed by atoms with Crippen LogP contribution in [0.25, 0.3) is 131 Å². The first-order valence-corrected chi connectivity index (χ1v) is 23.0. The zero-order chi connectivity index (χ0) is 42.8. The Hall–Kier alpha value is -8.24. The topological polar surface area (TPSA) is 25.8 Å². The lowest BCUT2D eigenvalue weighted by atomic mass is 9.89. The normalized spacial score (nSPS) is 11.7. The van der Waals surface area contributed by atoms with E-state index in [0.717, 1.165) is 33.5 Å². The second kappa shape index (κ2) is 15.2. The van der Waals surface area contributed by atoms with Crippen LogP contribution in [0.15, 0.2) is 231 Å². The Morgan fingerprint density at radius 3 is 1.62 bits per heavy atom. The van der Waals surface area contributed by atoms with Gasteiger partial charge in [0.05, 0.1) is 11.4 Å². The first kappa shape index (κ1) is 37.3. The summed E-state index contributed by atoms with van der Waals surface area (Å²) in [6.07, 6.45) is 0. The van der Waals surface area contributed by atoms with Crippen LogP contribution in [0.3, 0.4) is 0 Å². The summed E-state index contributed by atoms with van der Waals surface area (Å²) < 4.78 is 2.52. The number of fused-ring (bicyclic) bond motifs is 8. The number of benzene rings is 11. The van der Waals surface area contributed by atoms with E-state index >= 15 is 0 Å². The molecule has 0 amide bonds. The van der Waals surface area contributed by atoms with Crippen LogP contribution < -0.4 is 0 Å². The van der Waals surface area contributed by atoms with Crippen molar-refractivity contribution in [3.8, 4) is 67.3 Å². The molecule has 0 N–H and O–H groups in total. The van der Waals surface area contributed by atoms with Gasteiger partial charge in [-0.3, -0.25) is 0 Å². The van der Waals surface area contributed by atoms with Crippen molar-refractivity contribution in [1.82, 2.24) is 9.97 Å². The highest BCUT2D eigenvalue weighted by atomic mass is 32.1. The molecule has 0 spiro atoms. The fraction of sp³-hybridized carbons (Fsp3) is 0. The summed E-state index contributed by atoms with van der Waals surface area (Å²) in [6, 6.07) is 83.5. The maximum absolute atomic E-state index is 5.28. The second-order valence-corrected chi connectivity index (χ2v) is 17.9. The van der Waals surface area contributed by atoms with E-state index in [2.05, 4.69) is 224 Å². The lowest BCUT2D eigenvalue weighted by Gasteiger charge is -2.15. The van der Waals surface area contributed by atoms with Gasteiger partial charge in [0.1, 0.15) is 0 Å². The van der Waals surface area contributed by atoms with Crippen LogP contribution in [0.1, 0.15) is 0 Å². The van der Waals surface area contributed by atoms with Gasteiger partial charge < -0.3 is 0 Å². The quantitative estimate of drug-likeness (QED) is 0.123. The molecule has 11 aromatic carbocycles. The molecule has 13 aromatic rings. The van der Waals surface area contributed by atoms with E-state index in [9.17, 15) is 0 Å². The lowest BCUT2D eigenvalue weighted by molar-refractivity contribution is 1.19. The minimum absolute atomic E-state index is 0.715. The first-order chi connectivity index (χ1) is 32.2. The highest BCUT2D eigenvalue weighted by Crippen LogP contribution is 2.43. The molecule has 0 radical (unpaired) electrons. The van der Waals surface area contributed by atoms with Gasteiger partial charge in [-0.2, -0.15) is 0 Å². The molecule has 13 rings (SSSR count). The summed E-state index contributed by atoms with van der Waals surface area (Å²) in [4.78, 5) is 10.5. The lowest BCUT2D eigenvalue weighted by Crippen LogP contribution is -1.97. The van der Waals surface area contributed by atoms with Crippen LogP contribution in [0.2, 0.25) is 0 Å². The number of nitrogens with zero attached hydrogens (tertiary/aromatic N) is 2. The van der Waals surface area contributed by atoms with Crippen LogP contribution in [0.5, 0.6) is 0 Å². The summed E-state index contributed by atoms with van der Waals surface area (Å²) in [5.41, 5.74) is 12.3. The molecular weight excluding hydrogens is 805 g/mol. The Bertz CT molecular complexity index is 3980. The van der Waals surface area contributed by atoms with E-state index in [-0.39, 0.29) is 0 Å². The van der Waals surface area contributed by atoms with Crippen molar-refractivity contribution in [2.75, 3.05) is 0 Å². The predicted molar refractivity (Wildman–Crippen MR) is 278 cm³/mol. The molecule has 302 valence electrons. The molecule has 2 aromatic heterocycles. The van der Waals surface area contributed by atoms with Crippen LogP contribution >= 0.6 is 11.3 Å². The maximum Gasteiger partial charge on any atom is 0.160 e. The van der Waals surface area contributed by atoms with Crippen molar-refractivity contribution >= 4 is 74.6 Å². The van der Waals surface area contributed by atoms with Gasteiger partial charge >= 0.3 is 0 Å². The van der Waals surface area contributed by atoms with Crippen LogP contribution in [0.4, 0.5) is 0 Å². The van der Waals surface area contributed by atoms with E-state index in [1.165, 1.54) is 91.3 Å². The zero-order valence-corrected chi connectivity index (χ0v) is 36.1. The Labute approximate surface area is 380 Å². The van der Waals surface area contributed by atoms with E-state index < -0.39 is 0 Å². The Morgan fingerprint density at radius 2 is 0.846 bits per heavy atom. The monoisotopic (exact) mass is 842 g/mol. The molecule has 0 bridgehead atoms. The molecule has 0 saturated heterocycles. The first-order valence-electron chi connectivity index (χ1n) is 22.1. The molecule has 65 heavy (non-hydrogen) atoms. The molecule has 3 heteroatoms. The van der Waals surface area contributed by atoms with E-state index in [1.807, 2.05) is 17.4 Å². The van der Waals surface area contributed by atoms with Gasteiger partial charge in [0.15, 0.2) is 5.82 Å². The van der Waals surface area contributed by atoms with Gasteiger partial charge in [-0.05, 0) is 94.7 Å². The van der Waals surface area contributed by atoms with E-state index in [1.54, 1.807) is 0 Å². The number of hydrogen-bond acceptors (Lipinski definition) is 3. The SMILES string of the molecule is c1ccc(-c2nc(-c3ccc(-c4ccc(-c5ccc(-c6c7ccccc7cc7c6ccc6ccccc67)cc5)cc4)c4ccccc34)cc(-c3cccc4c3sc3ccccc34)n2)cc1. The van der Waals surface area contributed by atoms with E-state index in [4.69, 9.17) is 9.97 Å². The Morgan fingerprint density at radius 1 is 0.277 bits per heavy atom. The average molecular weight is 843 g/mol. The van der Waals surface area contributed by atoms with Crippen LogP contribution in [-0.4, -0.2) is 9.97 Å². The van der Waals surface area contributed by atoms with Crippen LogP contribution in [-0.2, 0) is 0 Å². The maximum atomic E-state index is 5.28. The highest BCUT2D eigenvalue weighted by molar-refractivity contribution is 7.26. The van der Waals surface area contributed by atoms with Crippen molar-refractivity contribution in [2.45, 2.75) is 0 Å². The van der Waals surface area contributed by atoms with Gasteiger partial charge in [-0.1, -0.05) is 212 Å². The summed E-state index contributed by atoms with van der Waals surface area (Å²) in [7, 11) is 0. The Balaban J connectivity index is 0.875. The number of aromatic nitrogens is 2. The zero-order valence-electron chi connectivity index (χ0n) is 35.2. The van der Waals surface area contributed by atoms with Gasteiger partial charge in [0.25, 0.3) is 0 Å². The van der Waals surface area contributed by atoms with E-state index in [0.29, 0.717) is 5.82 Å². The molecule has 0 saturated carbocycles. The minimum atomic E-state index is 0.715. The standard InChI is InChI=1S/C62H38N2S/c1-2-14-44(15-3-1)62-63-57(38-58(64-62)55-23-12-22-54-52-21-10-11-24-59(52)65-61(54)55)51-36-35-47(49-19-8-9-20-50(49)51)42-29-25-39(26-30-42)40-27-31-43(32-28-40)60-48-18-7-5-16-45(48)37-56-46-17-6-4-13-41(46)33-34-53(56)60/h1-38H. The van der Waals surface area contributed by atoms with Crippen molar-refractivity contribution in [1.29, 1.82) is 0 Å². The molecular formula is C62H38N2S. The minimum Gasteiger partial charge on any atom is -0.228 e. The third-order valence-electron chi connectivity index (χ3n) is 13.1. The number of rotatable bonds is 6. The van der Waals surface area contributed by atoms with Crippen molar-refractivity contribution in [3.63, 3.8) is 0 Å². The molecule has 0 unspecified atom stereocenters. The number of thiophene rings is 1. The largest absolute Gasteiger partial charge is 0.228 e. The van der Waals surface area contributed by atoms with Gasteiger partial charge in [-0.25, -0.2) is 9.97 Å². The summed E-state index contributed by atoms with van der Waals surface area (Å²) in [5.74, 6) is 0.715. The van der Waals surface area contributed by atoms with Gasteiger partial charge in [0.2, 0.25) is 0 Å². The molecule has 0 atom stereocenters. The highest BCUT2D eigenvalue weighted by Gasteiger charge is 2.18. The molecule has 0 fully saturated rings. The van der Waals surface area contributed by atoms with Gasteiger partial charge in [-0.15, -0.1) is 11.3 Å². The summed E-state index contributed by atoms with van der Waals surface area (Å²) >= 11 is 1.83. The number of hydrogen-bond donors (Lipinski definition) is 0. The molecule has 0 aliphatic heterocycles. The molecule has 2 heterocycles. The third-order valence-corrected chi connectivity index (χ3v) is 14.3. The van der Waals surface area contributed by atoms with Crippen molar-refractivity contribution < 1.29 is 0 Å². The summed E-state index contributed by atoms with van der Waals surface area (Å²) in [6.45, 7) is 0. The molecule has 0 aliphatic carbocycles. The second-order valence-electron chi connectivity index (χ2n) is 16.8. The van der Waals surface area contributed by atoms with Crippen molar-refractivity contribution in [2.24, 2.45) is 0 Å². The Kier molecular flexibility index (Phi) is 8.75. The average Bonchev–Trinajstić information content (AvgIpc) is 3.77. The molecule has 0 aliphatic rings. The fourth-order valence-corrected chi connectivity index (χ4v) is 11.2. The fourth-order valence-electron chi connectivity index (χ4n) is 9.97. The third kappa shape index (κ3) is 6.31. The smallest absolute Gasteiger partial charge is 0.160 e.